The molecule has 74 valence electrons. The van der Waals surface area contributed by atoms with E-state index >= 15 is 0 Å². The Bertz CT molecular complexity index is 199. The Labute approximate surface area is 79.5 Å². The highest BCUT2D eigenvalue weighted by Gasteiger charge is 2.33. The van der Waals surface area contributed by atoms with Crippen molar-refractivity contribution >= 4 is 5.78 Å². The molecule has 2 heterocycles. The highest BCUT2D eigenvalue weighted by molar-refractivity contribution is 5.82. The van der Waals surface area contributed by atoms with Gasteiger partial charge in [-0.05, 0) is 32.5 Å². The minimum Gasteiger partial charge on any atom is -0.316 e. The lowest BCUT2D eigenvalue weighted by molar-refractivity contribution is -0.127. The second-order valence-corrected chi connectivity index (χ2v) is 4.34. The first-order valence-electron chi connectivity index (χ1n) is 5.19. The monoisotopic (exact) mass is 182 g/mol. The van der Waals surface area contributed by atoms with E-state index in [-0.39, 0.29) is 0 Å². The van der Waals surface area contributed by atoms with Crippen LogP contribution in [0.1, 0.15) is 12.8 Å². The van der Waals surface area contributed by atoms with Crippen LogP contribution < -0.4 is 5.32 Å². The summed E-state index contributed by atoms with van der Waals surface area (Å²) in [5, 5.41) is 3.33. The summed E-state index contributed by atoms with van der Waals surface area (Å²) in [6, 6.07) is 0. The molecule has 3 nitrogen and oxygen atoms in total. The summed E-state index contributed by atoms with van der Waals surface area (Å²) in [5.74, 6) is 1.41. The Morgan fingerprint density at radius 2 is 2.38 bits per heavy atom. The molecule has 2 aliphatic rings. The lowest BCUT2D eigenvalue weighted by Crippen LogP contribution is -2.42. The third-order valence-electron chi connectivity index (χ3n) is 3.33. The SMILES string of the molecule is CN1CCC(=O)C(C2CCNC2)C1. The number of Topliss-reactive ketones (excluding diaryl/α,β-unsaturated/α-hetero) is 1. The number of hydrogen-bond donors (Lipinski definition) is 1. The number of nitrogens with zero attached hydrogens (tertiary/aromatic N) is 1. The standard InChI is InChI=1S/C10H18N2O/c1-12-5-3-10(13)9(7-12)8-2-4-11-6-8/h8-9,11H,2-7H2,1H3. The number of hydrogen-bond acceptors (Lipinski definition) is 3. The quantitative estimate of drug-likeness (QED) is 0.625. The summed E-state index contributed by atoms with van der Waals surface area (Å²) in [5.41, 5.74) is 0. The number of carbonyl (C=O) groups excluding carboxylic acids is 1. The van der Waals surface area contributed by atoms with Gasteiger partial charge in [0.1, 0.15) is 5.78 Å². The van der Waals surface area contributed by atoms with Crippen molar-refractivity contribution < 1.29 is 4.79 Å². The van der Waals surface area contributed by atoms with Crippen LogP contribution in [0.15, 0.2) is 0 Å². The van der Waals surface area contributed by atoms with Gasteiger partial charge in [0.05, 0.1) is 0 Å². The molecule has 0 aromatic heterocycles. The Balaban J connectivity index is 1.98. The number of ketones is 1. The van der Waals surface area contributed by atoms with Crippen molar-refractivity contribution in [2.45, 2.75) is 12.8 Å². The molecule has 0 radical (unpaired) electrons. The predicted molar refractivity (Wildman–Crippen MR) is 51.6 cm³/mol. The molecule has 0 aromatic rings. The van der Waals surface area contributed by atoms with Gasteiger partial charge in [0.25, 0.3) is 0 Å². The van der Waals surface area contributed by atoms with Gasteiger partial charge in [-0.3, -0.25) is 4.79 Å². The predicted octanol–water partition coefficient (Wildman–Crippen LogP) is 0.117. The molecule has 0 amide bonds. The fourth-order valence-corrected chi connectivity index (χ4v) is 2.45. The molecule has 2 unspecified atom stereocenters. The maximum Gasteiger partial charge on any atom is 0.138 e. The van der Waals surface area contributed by atoms with E-state index in [4.69, 9.17) is 0 Å². The second-order valence-electron chi connectivity index (χ2n) is 4.34. The molecule has 1 N–H and O–H groups in total. The van der Waals surface area contributed by atoms with E-state index < -0.39 is 0 Å². The number of nitrogens with one attached hydrogen (secondary N) is 1. The molecule has 0 aliphatic carbocycles. The third-order valence-corrected chi connectivity index (χ3v) is 3.33. The molecule has 0 aromatic carbocycles. The molecule has 0 bridgehead atoms. The Hall–Kier alpha value is -0.410. The molecule has 0 saturated carbocycles. The average Bonchev–Trinajstić information content (AvgIpc) is 2.61. The number of piperidine rings is 1. The summed E-state index contributed by atoms with van der Waals surface area (Å²) in [6.07, 6.45) is 1.95. The normalized spacial score (nSPS) is 36.8. The fraction of sp³-hybridized carbons (Fsp3) is 0.900. The summed E-state index contributed by atoms with van der Waals surface area (Å²) >= 11 is 0. The van der Waals surface area contributed by atoms with Crippen LogP contribution in [-0.2, 0) is 4.79 Å². The van der Waals surface area contributed by atoms with Crippen LogP contribution in [0.4, 0.5) is 0 Å². The molecule has 13 heavy (non-hydrogen) atoms. The number of likely N-dealkylation sites (tertiary alicyclic amines) is 1. The minimum absolute atomic E-state index is 0.314. The van der Waals surface area contributed by atoms with Crippen molar-refractivity contribution in [1.29, 1.82) is 0 Å². The van der Waals surface area contributed by atoms with Crippen LogP contribution in [0.5, 0.6) is 0 Å². The lowest BCUT2D eigenvalue weighted by Gasteiger charge is -2.31. The van der Waals surface area contributed by atoms with Crippen molar-refractivity contribution in [3.05, 3.63) is 0 Å². The van der Waals surface area contributed by atoms with Gasteiger partial charge < -0.3 is 10.2 Å². The van der Waals surface area contributed by atoms with E-state index in [1.165, 1.54) is 6.42 Å². The van der Waals surface area contributed by atoms with E-state index in [0.717, 1.165) is 32.6 Å². The van der Waals surface area contributed by atoms with E-state index in [0.29, 0.717) is 17.6 Å². The van der Waals surface area contributed by atoms with Gasteiger partial charge in [-0.15, -0.1) is 0 Å². The van der Waals surface area contributed by atoms with E-state index in [1.807, 2.05) is 0 Å². The maximum absolute atomic E-state index is 11.7. The number of rotatable bonds is 1. The molecule has 2 aliphatic heterocycles. The average molecular weight is 182 g/mol. The summed E-state index contributed by atoms with van der Waals surface area (Å²) < 4.78 is 0. The van der Waals surface area contributed by atoms with E-state index in [2.05, 4.69) is 17.3 Å². The van der Waals surface area contributed by atoms with Crippen LogP contribution >= 0.6 is 0 Å². The van der Waals surface area contributed by atoms with Gasteiger partial charge in [0.2, 0.25) is 0 Å². The minimum atomic E-state index is 0.314. The van der Waals surface area contributed by atoms with Crippen LogP contribution in [0.25, 0.3) is 0 Å². The zero-order valence-corrected chi connectivity index (χ0v) is 8.25. The van der Waals surface area contributed by atoms with Gasteiger partial charge in [-0.2, -0.15) is 0 Å². The van der Waals surface area contributed by atoms with Crippen molar-refractivity contribution in [2.24, 2.45) is 11.8 Å². The van der Waals surface area contributed by atoms with Gasteiger partial charge in [-0.1, -0.05) is 0 Å². The smallest absolute Gasteiger partial charge is 0.138 e. The zero-order chi connectivity index (χ0) is 9.26. The van der Waals surface area contributed by atoms with Gasteiger partial charge >= 0.3 is 0 Å². The van der Waals surface area contributed by atoms with Crippen LogP contribution in [0.3, 0.4) is 0 Å². The summed E-state index contributed by atoms with van der Waals surface area (Å²) in [4.78, 5) is 14.0. The van der Waals surface area contributed by atoms with Crippen molar-refractivity contribution in [3.63, 3.8) is 0 Å². The fourth-order valence-electron chi connectivity index (χ4n) is 2.45. The van der Waals surface area contributed by atoms with E-state index in [1.54, 1.807) is 0 Å². The van der Waals surface area contributed by atoms with E-state index in [9.17, 15) is 4.79 Å². The molecular weight excluding hydrogens is 164 g/mol. The highest BCUT2D eigenvalue weighted by atomic mass is 16.1. The molecule has 2 saturated heterocycles. The summed E-state index contributed by atoms with van der Waals surface area (Å²) in [6.45, 7) is 4.07. The topological polar surface area (TPSA) is 32.3 Å². The molecule has 3 heteroatoms. The van der Waals surface area contributed by atoms with Crippen LogP contribution in [0.2, 0.25) is 0 Å². The van der Waals surface area contributed by atoms with Crippen LogP contribution in [0, 0.1) is 11.8 Å². The zero-order valence-electron chi connectivity index (χ0n) is 8.25. The molecular formula is C10H18N2O. The summed E-state index contributed by atoms with van der Waals surface area (Å²) in [7, 11) is 2.11. The molecule has 2 rings (SSSR count). The Kier molecular flexibility index (Phi) is 2.65. The first-order chi connectivity index (χ1) is 6.27. The highest BCUT2D eigenvalue weighted by Crippen LogP contribution is 2.24. The molecule has 0 spiro atoms. The van der Waals surface area contributed by atoms with Gasteiger partial charge in [0, 0.05) is 25.4 Å². The third kappa shape index (κ3) is 1.92. The van der Waals surface area contributed by atoms with Crippen molar-refractivity contribution in [3.8, 4) is 0 Å². The first kappa shape index (κ1) is 9.16. The van der Waals surface area contributed by atoms with Crippen molar-refractivity contribution in [1.82, 2.24) is 10.2 Å². The largest absolute Gasteiger partial charge is 0.316 e. The second kappa shape index (κ2) is 3.76. The maximum atomic E-state index is 11.7. The Morgan fingerprint density at radius 3 is 3.08 bits per heavy atom. The molecule has 2 atom stereocenters. The van der Waals surface area contributed by atoms with Gasteiger partial charge in [-0.25, -0.2) is 0 Å². The van der Waals surface area contributed by atoms with Crippen molar-refractivity contribution in [2.75, 3.05) is 33.2 Å². The van der Waals surface area contributed by atoms with Gasteiger partial charge in [0.15, 0.2) is 0 Å². The molecule has 2 fully saturated rings. The lowest BCUT2D eigenvalue weighted by atomic mass is 9.84. The van der Waals surface area contributed by atoms with Crippen LogP contribution in [-0.4, -0.2) is 43.9 Å². The number of carbonyl (C=O) groups is 1. The first-order valence-corrected chi connectivity index (χ1v) is 5.19. The Morgan fingerprint density at radius 1 is 1.54 bits per heavy atom.